The van der Waals surface area contributed by atoms with Crippen molar-refractivity contribution < 1.29 is 13.2 Å². The van der Waals surface area contributed by atoms with E-state index >= 15 is 0 Å². The van der Waals surface area contributed by atoms with E-state index in [0.717, 1.165) is 6.26 Å². The molecule has 0 aliphatic carbocycles. The molecule has 1 aliphatic rings. The third-order valence-corrected chi connectivity index (χ3v) is 4.28. The Morgan fingerprint density at radius 2 is 2.05 bits per heavy atom. The molecule has 1 aromatic heterocycles. The number of imidazole rings is 1. The molecular formula is C12H20N4O3S. The summed E-state index contributed by atoms with van der Waals surface area (Å²) < 4.78 is 26.7. The van der Waals surface area contributed by atoms with Gasteiger partial charge in [-0.1, -0.05) is 0 Å². The zero-order valence-corrected chi connectivity index (χ0v) is 12.5. The Labute approximate surface area is 119 Å². The Bertz CT molecular complexity index is 547. The van der Waals surface area contributed by atoms with E-state index in [4.69, 9.17) is 0 Å². The molecule has 2 rings (SSSR count). The molecule has 1 N–H and O–H groups in total. The number of hydrogen-bond acceptors (Lipinski definition) is 4. The summed E-state index contributed by atoms with van der Waals surface area (Å²) in [6, 6.07) is -0.352. The van der Waals surface area contributed by atoms with E-state index in [0.29, 0.717) is 25.9 Å². The van der Waals surface area contributed by atoms with Gasteiger partial charge in [-0.2, -0.15) is 0 Å². The Balaban J connectivity index is 1.89. The number of rotatable bonds is 4. The second kappa shape index (κ2) is 5.92. The minimum absolute atomic E-state index is 0.0424. The van der Waals surface area contributed by atoms with Crippen molar-refractivity contribution in [2.24, 2.45) is 0 Å². The first-order chi connectivity index (χ1) is 9.37. The van der Waals surface area contributed by atoms with Crippen molar-refractivity contribution in [2.45, 2.75) is 31.8 Å². The van der Waals surface area contributed by atoms with Crippen molar-refractivity contribution in [3.8, 4) is 0 Å². The number of amides is 1. The molecule has 7 nitrogen and oxygen atoms in total. The van der Waals surface area contributed by atoms with E-state index in [1.807, 2.05) is 6.92 Å². The summed E-state index contributed by atoms with van der Waals surface area (Å²) in [5, 5.41) is 0. The summed E-state index contributed by atoms with van der Waals surface area (Å²) in [5.74, 6) is 0.0424. The summed E-state index contributed by atoms with van der Waals surface area (Å²) in [7, 11) is -3.18. The van der Waals surface area contributed by atoms with Crippen LogP contribution in [0.15, 0.2) is 18.7 Å². The van der Waals surface area contributed by atoms with Crippen LogP contribution in [0.25, 0.3) is 0 Å². The highest BCUT2D eigenvalue weighted by atomic mass is 32.2. The van der Waals surface area contributed by atoms with E-state index in [-0.39, 0.29) is 18.0 Å². The van der Waals surface area contributed by atoms with Crippen molar-refractivity contribution in [1.29, 1.82) is 0 Å². The Morgan fingerprint density at radius 3 is 2.55 bits per heavy atom. The molecule has 1 aliphatic heterocycles. The second-order valence-corrected chi connectivity index (χ2v) is 6.96. The number of sulfonamides is 1. The monoisotopic (exact) mass is 300 g/mol. The smallest absolute Gasteiger partial charge is 0.245 e. The van der Waals surface area contributed by atoms with E-state index in [1.54, 1.807) is 28.2 Å². The summed E-state index contributed by atoms with van der Waals surface area (Å²) >= 11 is 0. The number of carbonyl (C=O) groups excluding carboxylic acids is 1. The number of aromatic nitrogens is 2. The SMILES string of the molecule is CC(C(=O)N1CCC(NS(C)(=O)=O)CC1)n1ccnc1. The molecule has 0 aromatic carbocycles. The number of likely N-dealkylation sites (tertiary alicyclic amines) is 1. The first-order valence-electron chi connectivity index (χ1n) is 6.60. The van der Waals surface area contributed by atoms with E-state index in [1.165, 1.54) is 0 Å². The van der Waals surface area contributed by atoms with Gasteiger partial charge in [-0.15, -0.1) is 0 Å². The third kappa shape index (κ3) is 3.80. The molecule has 0 radical (unpaired) electrons. The molecule has 112 valence electrons. The molecule has 1 unspecified atom stereocenters. The second-order valence-electron chi connectivity index (χ2n) is 5.18. The molecule has 0 saturated carbocycles. The Kier molecular flexibility index (Phi) is 4.44. The average molecular weight is 300 g/mol. The van der Waals surface area contributed by atoms with E-state index < -0.39 is 10.0 Å². The maximum Gasteiger partial charge on any atom is 0.245 e. The molecule has 20 heavy (non-hydrogen) atoms. The molecule has 1 fully saturated rings. The van der Waals surface area contributed by atoms with Gasteiger partial charge >= 0.3 is 0 Å². The van der Waals surface area contributed by atoms with Crippen LogP contribution in [0.4, 0.5) is 0 Å². The van der Waals surface area contributed by atoms with Crippen molar-refractivity contribution in [1.82, 2.24) is 19.2 Å². The van der Waals surface area contributed by atoms with Gasteiger partial charge in [0.1, 0.15) is 6.04 Å². The van der Waals surface area contributed by atoms with E-state index in [2.05, 4.69) is 9.71 Å². The van der Waals surface area contributed by atoms with Crippen molar-refractivity contribution in [3.05, 3.63) is 18.7 Å². The standard InChI is InChI=1S/C12H20N4O3S/c1-10(16-8-5-13-9-16)12(17)15-6-3-11(4-7-15)14-20(2,18)19/h5,8-11,14H,3-4,6-7H2,1-2H3. The first kappa shape index (κ1) is 15.0. The molecule has 0 bridgehead atoms. The van der Waals surface area contributed by atoms with Crippen LogP contribution < -0.4 is 4.72 Å². The van der Waals surface area contributed by atoms with Crippen LogP contribution in [0.5, 0.6) is 0 Å². The number of nitrogens with zero attached hydrogens (tertiary/aromatic N) is 3. The predicted octanol–water partition coefficient (Wildman–Crippen LogP) is -0.0157. The molecule has 1 amide bonds. The predicted molar refractivity (Wildman–Crippen MR) is 74.5 cm³/mol. The zero-order chi connectivity index (χ0) is 14.8. The lowest BCUT2D eigenvalue weighted by Gasteiger charge is -2.33. The normalized spacial score (nSPS) is 19.0. The van der Waals surface area contributed by atoms with Crippen LogP contribution in [-0.2, 0) is 14.8 Å². The molecular weight excluding hydrogens is 280 g/mol. The van der Waals surface area contributed by atoms with Gasteiger partial charge in [-0.25, -0.2) is 18.1 Å². The minimum Gasteiger partial charge on any atom is -0.341 e. The van der Waals surface area contributed by atoms with Gasteiger partial charge in [0.15, 0.2) is 0 Å². The summed E-state index contributed by atoms with van der Waals surface area (Å²) in [5.41, 5.74) is 0. The van der Waals surface area contributed by atoms with Crippen LogP contribution >= 0.6 is 0 Å². The molecule has 1 saturated heterocycles. The maximum atomic E-state index is 12.3. The number of piperidine rings is 1. The molecule has 1 aromatic rings. The lowest BCUT2D eigenvalue weighted by Crippen LogP contribution is -2.47. The Morgan fingerprint density at radius 1 is 1.40 bits per heavy atom. The number of carbonyl (C=O) groups is 1. The molecule has 0 spiro atoms. The number of hydrogen-bond donors (Lipinski definition) is 1. The van der Waals surface area contributed by atoms with Crippen LogP contribution in [0.3, 0.4) is 0 Å². The van der Waals surface area contributed by atoms with Gasteiger partial charge in [-0.3, -0.25) is 4.79 Å². The molecule has 1 atom stereocenters. The highest BCUT2D eigenvalue weighted by Gasteiger charge is 2.27. The fraction of sp³-hybridized carbons (Fsp3) is 0.667. The minimum atomic E-state index is -3.18. The Hall–Kier alpha value is -1.41. The largest absolute Gasteiger partial charge is 0.341 e. The lowest BCUT2D eigenvalue weighted by atomic mass is 10.1. The maximum absolute atomic E-state index is 12.3. The fourth-order valence-corrected chi connectivity index (χ4v) is 3.25. The topological polar surface area (TPSA) is 84.3 Å². The van der Waals surface area contributed by atoms with Gasteiger partial charge < -0.3 is 9.47 Å². The number of nitrogens with one attached hydrogen (secondary N) is 1. The van der Waals surface area contributed by atoms with Gasteiger partial charge in [0, 0.05) is 31.5 Å². The van der Waals surface area contributed by atoms with Gasteiger partial charge in [-0.05, 0) is 19.8 Å². The van der Waals surface area contributed by atoms with Crippen LogP contribution in [0, 0.1) is 0 Å². The first-order valence-corrected chi connectivity index (χ1v) is 8.49. The summed E-state index contributed by atoms with van der Waals surface area (Å²) in [6.07, 6.45) is 7.49. The summed E-state index contributed by atoms with van der Waals surface area (Å²) in [4.78, 5) is 18.0. The quantitative estimate of drug-likeness (QED) is 0.847. The van der Waals surface area contributed by atoms with Crippen molar-refractivity contribution in [3.63, 3.8) is 0 Å². The average Bonchev–Trinajstić information content (AvgIpc) is 2.90. The molecule has 2 heterocycles. The third-order valence-electron chi connectivity index (χ3n) is 3.52. The fourth-order valence-electron chi connectivity index (χ4n) is 2.41. The van der Waals surface area contributed by atoms with Crippen molar-refractivity contribution >= 4 is 15.9 Å². The highest BCUT2D eigenvalue weighted by Crippen LogP contribution is 2.16. The van der Waals surface area contributed by atoms with Crippen LogP contribution in [0.2, 0.25) is 0 Å². The van der Waals surface area contributed by atoms with Gasteiger partial charge in [0.05, 0.1) is 12.6 Å². The van der Waals surface area contributed by atoms with Crippen molar-refractivity contribution in [2.75, 3.05) is 19.3 Å². The zero-order valence-electron chi connectivity index (χ0n) is 11.7. The van der Waals surface area contributed by atoms with Crippen LogP contribution in [-0.4, -0.2) is 54.2 Å². The summed E-state index contributed by atoms with van der Waals surface area (Å²) in [6.45, 7) is 2.99. The van der Waals surface area contributed by atoms with Gasteiger partial charge in [0.25, 0.3) is 0 Å². The highest BCUT2D eigenvalue weighted by molar-refractivity contribution is 7.88. The lowest BCUT2D eigenvalue weighted by molar-refractivity contribution is -0.135. The van der Waals surface area contributed by atoms with Crippen LogP contribution in [0.1, 0.15) is 25.8 Å². The van der Waals surface area contributed by atoms with E-state index in [9.17, 15) is 13.2 Å². The molecule has 8 heteroatoms. The van der Waals surface area contributed by atoms with Gasteiger partial charge in [0.2, 0.25) is 15.9 Å².